The number of nitrogens with two attached hydrogens (primary N) is 1. The van der Waals surface area contributed by atoms with Crippen molar-refractivity contribution in [3.8, 4) is 0 Å². The molecule has 0 heterocycles. The molecule has 0 atom stereocenters. The molecule has 19 heavy (non-hydrogen) atoms. The van der Waals surface area contributed by atoms with Crippen molar-refractivity contribution in [3.63, 3.8) is 0 Å². The summed E-state index contributed by atoms with van der Waals surface area (Å²) < 4.78 is 0. The Morgan fingerprint density at radius 3 is 2.37 bits per heavy atom. The zero-order chi connectivity index (χ0) is 13.8. The first-order valence-corrected chi connectivity index (χ1v) is 6.64. The fourth-order valence-corrected chi connectivity index (χ4v) is 2.07. The van der Waals surface area contributed by atoms with Crippen molar-refractivity contribution in [3.05, 3.63) is 28.8 Å². The number of carbonyl (C=O) groups is 1. The van der Waals surface area contributed by atoms with Crippen LogP contribution in [0.2, 0.25) is 5.02 Å². The molecule has 0 aromatic heterocycles. The Labute approximate surface area is 126 Å². The summed E-state index contributed by atoms with van der Waals surface area (Å²) >= 11 is 6.04. The summed E-state index contributed by atoms with van der Waals surface area (Å²) in [5.74, 6) is -0.0325. The molecule has 0 radical (unpaired) electrons. The molecule has 108 valence electrons. The van der Waals surface area contributed by atoms with Crippen molar-refractivity contribution in [1.29, 1.82) is 0 Å². The minimum atomic E-state index is -0.489. The second-order valence-corrected chi connectivity index (χ2v) is 5.02. The van der Waals surface area contributed by atoms with Crippen molar-refractivity contribution in [2.75, 3.05) is 11.9 Å². The van der Waals surface area contributed by atoms with E-state index in [0.29, 0.717) is 11.6 Å². The van der Waals surface area contributed by atoms with Gasteiger partial charge in [0.1, 0.15) is 0 Å². The summed E-state index contributed by atoms with van der Waals surface area (Å²) in [5.41, 5.74) is 6.97. The van der Waals surface area contributed by atoms with Crippen LogP contribution < -0.4 is 11.1 Å². The maximum Gasteiger partial charge on any atom is 0.231 e. The number of amides is 1. The lowest BCUT2D eigenvalue weighted by Gasteiger charge is -2.28. The van der Waals surface area contributed by atoms with Gasteiger partial charge in [0.2, 0.25) is 5.91 Å². The summed E-state index contributed by atoms with van der Waals surface area (Å²) in [6, 6.07) is 5.51. The van der Waals surface area contributed by atoms with Crippen LogP contribution in [-0.4, -0.2) is 12.5 Å². The van der Waals surface area contributed by atoms with E-state index >= 15 is 0 Å². The van der Waals surface area contributed by atoms with Crippen molar-refractivity contribution < 1.29 is 4.79 Å². The van der Waals surface area contributed by atoms with Gasteiger partial charge in [-0.05, 0) is 37.5 Å². The van der Waals surface area contributed by atoms with Crippen molar-refractivity contribution in [1.82, 2.24) is 0 Å². The second kappa shape index (κ2) is 7.73. The summed E-state index contributed by atoms with van der Waals surface area (Å²) in [7, 11) is 0. The number of nitrogens with one attached hydrogen (secondary N) is 1. The van der Waals surface area contributed by atoms with Crippen LogP contribution in [0.25, 0.3) is 0 Å². The van der Waals surface area contributed by atoms with E-state index < -0.39 is 5.41 Å². The van der Waals surface area contributed by atoms with Crippen LogP contribution in [0.3, 0.4) is 0 Å². The van der Waals surface area contributed by atoms with Crippen LogP contribution in [-0.2, 0) is 4.79 Å². The Morgan fingerprint density at radius 2 is 1.95 bits per heavy atom. The fourth-order valence-electron chi connectivity index (χ4n) is 1.89. The average Bonchev–Trinajstić information content (AvgIpc) is 2.37. The van der Waals surface area contributed by atoms with Crippen LogP contribution >= 0.6 is 24.0 Å². The number of carbonyl (C=O) groups excluding carboxylic acids is 1. The average molecular weight is 305 g/mol. The molecule has 0 unspecified atom stereocenters. The van der Waals surface area contributed by atoms with E-state index in [1.54, 1.807) is 6.07 Å². The van der Waals surface area contributed by atoms with Gasteiger partial charge in [0.15, 0.2) is 0 Å². The molecule has 0 bridgehead atoms. The summed E-state index contributed by atoms with van der Waals surface area (Å²) in [5, 5.41) is 3.55. The molecule has 0 aliphatic heterocycles. The minimum Gasteiger partial charge on any atom is -0.329 e. The van der Waals surface area contributed by atoms with E-state index in [4.69, 9.17) is 17.3 Å². The quantitative estimate of drug-likeness (QED) is 0.870. The number of rotatable bonds is 5. The van der Waals surface area contributed by atoms with E-state index in [1.165, 1.54) is 0 Å². The smallest absolute Gasteiger partial charge is 0.231 e. The molecule has 1 rings (SSSR count). The Morgan fingerprint density at radius 1 is 1.37 bits per heavy atom. The molecule has 0 fully saturated rings. The lowest BCUT2D eigenvalue weighted by Crippen LogP contribution is -2.41. The molecule has 3 nitrogen and oxygen atoms in total. The van der Waals surface area contributed by atoms with Gasteiger partial charge in [-0.2, -0.15) is 0 Å². The second-order valence-electron chi connectivity index (χ2n) is 4.61. The zero-order valence-electron chi connectivity index (χ0n) is 11.6. The van der Waals surface area contributed by atoms with E-state index in [1.807, 2.05) is 32.9 Å². The molecule has 1 amide bonds. The van der Waals surface area contributed by atoms with Gasteiger partial charge in [0.25, 0.3) is 0 Å². The van der Waals surface area contributed by atoms with Crippen LogP contribution in [0.5, 0.6) is 0 Å². The Hall–Kier alpha value is -0.770. The Bertz CT molecular complexity index is 423. The predicted octanol–water partition coefficient (Wildman–Crippen LogP) is 3.77. The van der Waals surface area contributed by atoms with Crippen molar-refractivity contribution >= 4 is 35.6 Å². The van der Waals surface area contributed by atoms with Gasteiger partial charge in [-0.1, -0.05) is 31.5 Å². The highest BCUT2D eigenvalue weighted by molar-refractivity contribution is 6.31. The number of anilines is 1. The van der Waals surface area contributed by atoms with Crippen molar-refractivity contribution in [2.45, 2.75) is 33.6 Å². The molecule has 5 heteroatoms. The first-order valence-electron chi connectivity index (χ1n) is 6.26. The molecular formula is C14H22Cl2N2O. The van der Waals surface area contributed by atoms with Crippen LogP contribution in [0.4, 0.5) is 5.69 Å². The zero-order valence-corrected chi connectivity index (χ0v) is 13.2. The molecule has 1 aromatic carbocycles. The predicted molar refractivity (Wildman–Crippen MR) is 84.1 cm³/mol. The van der Waals surface area contributed by atoms with Gasteiger partial charge < -0.3 is 11.1 Å². The highest BCUT2D eigenvalue weighted by Gasteiger charge is 2.33. The standard InChI is InChI=1S/C14H21ClN2O.ClH/c1-4-14(5-2,9-16)13(18)17-11-7-6-10(3)12(15)8-11;/h6-8H,4-5,9,16H2,1-3H3,(H,17,18);1H. The molecule has 0 spiro atoms. The van der Waals surface area contributed by atoms with Gasteiger partial charge in [-0.3, -0.25) is 4.79 Å². The van der Waals surface area contributed by atoms with Gasteiger partial charge in [0.05, 0.1) is 5.41 Å². The molecular weight excluding hydrogens is 283 g/mol. The number of hydrogen-bond donors (Lipinski definition) is 2. The largest absolute Gasteiger partial charge is 0.329 e. The SMILES string of the molecule is CCC(CC)(CN)C(=O)Nc1ccc(C)c(Cl)c1.Cl. The minimum absolute atomic E-state index is 0. The number of halogens is 2. The summed E-state index contributed by atoms with van der Waals surface area (Å²) in [6.07, 6.45) is 1.46. The first kappa shape index (κ1) is 18.2. The molecule has 0 aliphatic carbocycles. The fraction of sp³-hybridized carbons (Fsp3) is 0.500. The maximum atomic E-state index is 12.3. The Kier molecular flexibility index (Phi) is 7.42. The molecule has 3 N–H and O–H groups in total. The summed E-state index contributed by atoms with van der Waals surface area (Å²) in [6.45, 7) is 6.25. The lowest BCUT2D eigenvalue weighted by atomic mass is 9.81. The Balaban J connectivity index is 0.00000324. The van der Waals surface area contributed by atoms with Gasteiger partial charge in [-0.15, -0.1) is 12.4 Å². The van der Waals surface area contributed by atoms with Gasteiger partial charge >= 0.3 is 0 Å². The molecule has 0 saturated carbocycles. The summed E-state index contributed by atoms with van der Waals surface area (Å²) in [4.78, 5) is 12.3. The van der Waals surface area contributed by atoms with E-state index in [0.717, 1.165) is 24.1 Å². The van der Waals surface area contributed by atoms with Crippen LogP contribution in [0, 0.1) is 12.3 Å². The third-order valence-electron chi connectivity index (χ3n) is 3.66. The van der Waals surface area contributed by atoms with E-state index in [2.05, 4.69) is 5.32 Å². The first-order chi connectivity index (χ1) is 8.49. The normalized spacial score (nSPS) is 10.8. The topological polar surface area (TPSA) is 55.1 Å². The van der Waals surface area contributed by atoms with Crippen molar-refractivity contribution in [2.24, 2.45) is 11.1 Å². The maximum absolute atomic E-state index is 12.3. The number of hydrogen-bond acceptors (Lipinski definition) is 2. The van der Waals surface area contributed by atoms with Gasteiger partial charge in [-0.25, -0.2) is 0 Å². The third-order valence-corrected chi connectivity index (χ3v) is 4.06. The number of aryl methyl sites for hydroxylation is 1. The van der Waals surface area contributed by atoms with Crippen LogP contribution in [0.1, 0.15) is 32.3 Å². The lowest BCUT2D eigenvalue weighted by molar-refractivity contribution is -0.125. The molecule has 0 saturated heterocycles. The third kappa shape index (κ3) is 4.10. The van der Waals surface area contributed by atoms with Crippen LogP contribution in [0.15, 0.2) is 18.2 Å². The van der Waals surface area contributed by atoms with Gasteiger partial charge in [0, 0.05) is 17.3 Å². The van der Waals surface area contributed by atoms with E-state index in [-0.39, 0.29) is 18.3 Å². The monoisotopic (exact) mass is 304 g/mol. The highest BCUT2D eigenvalue weighted by Crippen LogP contribution is 2.28. The molecule has 0 aliphatic rings. The number of benzene rings is 1. The highest BCUT2D eigenvalue weighted by atomic mass is 35.5. The molecule has 1 aromatic rings. The van der Waals surface area contributed by atoms with E-state index in [9.17, 15) is 4.79 Å².